The fourth-order valence-electron chi connectivity index (χ4n) is 1.96. The number of rotatable bonds is 3. The Balaban J connectivity index is 1.92. The van der Waals surface area contributed by atoms with Gasteiger partial charge in [-0.15, -0.1) is 0 Å². The van der Waals surface area contributed by atoms with Crippen molar-refractivity contribution in [1.82, 2.24) is 14.9 Å². The Morgan fingerprint density at radius 1 is 1.39 bits per heavy atom. The van der Waals surface area contributed by atoms with Crippen LogP contribution < -0.4 is 11.3 Å². The fraction of sp³-hybridized carbons (Fsp3) is 0.667. The van der Waals surface area contributed by atoms with Gasteiger partial charge in [-0.3, -0.25) is 9.88 Å². The van der Waals surface area contributed by atoms with Crippen molar-refractivity contribution in [2.45, 2.75) is 31.6 Å². The van der Waals surface area contributed by atoms with Crippen molar-refractivity contribution in [1.29, 1.82) is 0 Å². The summed E-state index contributed by atoms with van der Waals surface area (Å²) in [5.74, 6) is 7.06. The Morgan fingerprint density at radius 3 is 2.89 bits per heavy atom. The van der Waals surface area contributed by atoms with E-state index < -0.39 is 0 Å². The molecule has 0 aliphatic carbocycles. The van der Waals surface area contributed by atoms with Gasteiger partial charge in [0.25, 0.3) is 0 Å². The minimum atomic E-state index is 0.397. The Labute approximate surface area is 113 Å². The Hall–Kier alpha value is -0.850. The first-order valence-electron chi connectivity index (χ1n) is 6.23. The van der Waals surface area contributed by atoms with E-state index in [0.29, 0.717) is 10.6 Å². The van der Waals surface area contributed by atoms with Crippen molar-refractivity contribution in [2.24, 2.45) is 5.84 Å². The van der Waals surface area contributed by atoms with E-state index in [1.807, 2.05) is 0 Å². The number of hydrogen-bond donors (Lipinski definition) is 2. The predicted molar refractivity (Wildman–Crippen MR) is 76.3 cm³/mol. The van der Waals surface area contributed by atoms with Gasteiger partial charge < -0.3 is 5.43 Å². The van der Waals surface area contributed by atoms with Gasteiger partial charge in [0, 0.05) is 23.6 Å². The smallest absolute Gasteiger partial charge is 0.158 e. The van der Waals surface area contributed by atoms with Crippen molar-refractivity contribution in [3.8, 4) is 0 Å². The molecule has 0 amide bonds. The van der Waals surface area contributed by atoms with Crippen LogP contribution in [0, 0.1) is 0 Å². The minimum absolute atomic E-state index is 0.397. The summed E-state index contributed by atoms with van der Waals surface area (Å²) < 4.78 is 0.397. The van der Waals surface area contributed by atoms with E-state index in [2.05, 4.69) is 45.9 Å². The summed E-state index contributed by atoms with van der Waals surface area (Å²) in [5, 5.41) is 0. The molecular weight excluding hydrogens is 246 g/mol. The lowest BCUT2D eigenvalue weighted by molar-refractivity contribution is 0.273. The lowest BCUT2D eigenvalue weighted by Crippen LogP contribution is -2.27. The molecule has 2 rings (SSSR count). The zero-order chi connectivity index (χ0) is 13.0. The minimum Gasteiger partial charge on any atom is -0.307 e. The van der Waals surface area contributed by atoms with Crippen LogP contribution >= 0.6 is 11.8 Å². The molecule has 2 heterocycles. The molecule has 0 aromatic carbocycles. The average molecular weight is 267 g/mol. The van der Waals surface area contributed by atoms with E-state index in [-0.39, 0.29) is 0 Å². The molecule has 6 heteroatoms. The maximum Gasteiger partial charge on any atom is 0.158 e. The van der Waals surface area contributed by atoms with Crippen LogP contribution in [0.5, 0.6) is 0 Å². The highest BCUT2D eigenvalue weighted by Crippen LogP contribution is 2.30. The molecule has 1 aliphatic rings. The number of hydrogen-bond acceptors (Lipinski definition) is 6. The van der Waals surface area contributed by atoms with E-state index in [9.17, 15) is 0 Å². The zero-order valence-corrected chi connectivity index (χ0v) is 11.8. The molecule has 3 N–H and O–H groups in total. The standard InChI is InChI=1S/C12H21N5S/c1-12(2)3-4-17(5-6-18-12)9-10-7-15-11(16-13)8-14-10/h7-8H,3-6,9,13H2,1-2H3,(H,15,16). The first-order chi connectivity index (χ1) is 8.59. The first kappa shape index (κ1) is 13.6. The highest BCUT2D eigenvalue weighted by Gasteiger charge is 2.23. The van der Waals surface area contributed by atoms with Crippen LogP contribution in [0.3, 0.4) is 0 Å². The topological polar surface area (TPSA) is 67.1 Å². The maximum absolute atomic E-state index is 5.27. The second-order valence-electron chi connectivity index (χ2n) is 5.17. The molecule has 0 atom stereocenters. The number of nitrogens with one attached hydrogen (secondary N) is 1. The Bertz CT molecular complexity index is 379. The molecule has 0 spiro atoms. The molecule has 0 unspecified atom stereocenters. The van der Waals surface area contributed by atoms with Gasteiger partial charge in [-0.25, -0.2) is 10.8 Å². The number of hydrazine groups is 1. The second kappa shape index (κ2) is 5.86. The molecule has 5 nitrogen and oxygen atoms in total. The van der Waals surface area contributed by atoms with E-state index in [1.54, 1.807) is 12.4 Å². The summed E-state index contributed by atoms with van der Waals surface area (Å²) in [6, 6.07) is 0. The average Bonchev–Trinajstić information content (AvgIpc) is 2.52. The maximum atomic E-state index is 5.27. The SMILES string of the molecule is CC1(C)CCN(Cc2cnc(NN)cn2)CCS1. The zero-order valence-electron chi connectivity index (χ0n) is 11.0. The summed E-state index contributed by atoms with van der Waals surface area (Å²) in [5.41, 5.74) is 3.49. The van der Waals surface area contributed by atoms with Crippen LogP contribution in [-0.4, -0.2) is 38.5 Å². The molecule has 0 saturated carbocycles. The third-order valence-electron chi connectivity index (χ3n) is 3.17. The van der Waals surface area contributed by atoms with Crippen LogP contribution in [0.25, 0.3) is 0 Å². The third kappa shape index (κ3) is 3.83. The van der Waals surface area contributed by atoms with Crippen LogP contribution in [0.15, 0.2) is 12.4 Å². The number of thioether (sulfide) groups is 1. The van der Waals surface area contributed by atoms with Gasteiger partial charge in [0.15, 0.2) is 5.82 Å². The highest BCUT2D eigenvalue weighted by atomic mass is 32.2. The summed E-state index contributed by atoms with van der Waals surface area (Å²) in [4.78, 5) is 11.0. The monoisotopic (exact) mass is 267 g/mol. The molecule has 1 aromatic heterocycles. The number of anilines is 1. The van der Waals surface area contributed by atoms with Gasteiger partial charge in [0.05, 0.1) is 18.1 Å². The lowest BCUT2D eigenvalue weighted by Gasteiger charge is -2.22. The van der Waals surface area contributed by atoms with Crippen molar-refractivity contribution < 1.29 is 0 Å². The fourth-order valence-corrected chi connectivity index (χ4v) is 3.10. The summed E-state index contributed by atoms with van der Waals surface area (Å²) in [6.45, 7) is 7.76. The van der Waals surface area contributed by atoms with Crippen LogP contribution in [0.2, 0.25) is 0 Å². The quantitative estimate of drug-likeness (QED) is 0.639. The first-order valence-corrected chi connectivity index (χ1v) is 7.21. The summed E-state index contributed by atoms with van der Waals surface area (Å²) >= 11 is 2.06. The van der Waals surface area contributed by atoms with Crippen molar-refractivity contribution in [3.05, 3.63) is 18.1 Å². The van der Waals surface area contributed by atoms with Gasteiger partial charge in [0.2, 0.25) is 0 Å². The van der Waals surface area contributed by atoms with Crippen LogP contribution in [0.4, 0.5) is 5.82 Å². The molecule has 1 aromatic rings. The molecule has 0 bridgehead atoms. The van der Waals surface area contributed by atoms with Crippen LogP contribution in [0.1, 0.15) is 26.0 Å². The van der Waals surface area contributed by atoms with Crippen molar-refractivity contribution in [3.63, 3.8) is 0 Å². The molecular formula is C12H21N5S. The van der Waals surface area contributed by atoms with E-state index in [1.165, 1.54) is 12.2 Å². The molecule has 1 fully saturated rings. The van der Waals surface area contributed by atoms with Gasteiger partial charge in [-0.2, -0.15) is 11.8 Å². The molecule has 1 aliphatic heterocycles. The third-order valence-corrected chi connectivity index (χ3v) is 4.54. The van der Waals surface area contributed by atoms with E-state index in [4.69, 9.17) is 5.84 Å². The number of aromatic nitrogens is 2. The summed E-state index contributed by atoms with van der Waals surface area (Å²) in [7, 11) is 0. The van der Waals surface area contributed by atoms with E-state index >= 15 is 0 Å². The summed E-state index contributed by atoms with van der Waals surface area (Å²) in [6.07, 6.45) is 4.68. The Kier molecular flexibility index (Phi) is 4.42. The number of nitrogens with zero attached hydrogens (tertiary/aromatic N) is 3. The van der Waals surface area contributed by atoms with Gasteiger partial charge >= 0.3 is 0 Å². The molecule has 100 valence electrons. The molecule has 18 heavy (non-hydrogen) atoms. The second-order valence-corrected chi connectivity index (χ2v) is 6.97. The van der Waals surface area contributed by atoms with Crippen LogP contribution in [-0.2, 0) is 6.54 Å². The Morgan fingerprint density at radius 2 is 2.22 bits per heavy atom. The largest absolute Gasteiger partial charge is 0.307 e. The number of nitrogen functional groups attached to an aromatic ring is 1. The predicted octanol–water partition coefficient (Wildman–Crippen LogP) is 1.48. The van der Waals surface area contributed by atoms with E-state index in [0.717, 1.165) is 25.3 Å². The van der Waals surface area contributed by atoms with Crippen molar-refractivity contribution >= 4 is 17.6 Å². The molecule has 1 saturated heterocycles. The lowest BCUT2D eigenvalue weighted by atomic mass is 10.1. The van der Waals surface area contributed by atoms with Gasteiger partial charge in [0.1, 0.15) is 0 Å². The van der Waals surface area contributed by atoms with Crippen molar-refractivity contribution in [2.75, 3.05) is 24.3 Å². The normalized spacial score (nSPS) is 20.4. The highest BCUT2D eigenvalue weighted by molar-refractivity contribution is 8.00. The van der Waals surface area contributed by atoms with Gasteiger partial charge in [-0.05, 0) is 13.0 Å². The molecule has 0 radical (unpaired) electrons. The van der Waals surface area contributed by atoms with Gasteiger partial charge in [-0.1, -0.05) is 13.8 Å². The number of nitrogens with two attached hydrogens (primary N) is 1.